The molecule has 0 saturated heterocycles. The molecule has 0 aliphatic rings. The smallest absolute Gasteiger partial charge is 0.258 e. The highest BCUT2D eigenvalue weighted by Crippen LogP contribution is 2.22. The fourth-order valence-electron chi connectivity index (χ4n) is 1.70. The van der Waals surface area contributed by atoms with Gasteiger partial charge >= 0.3 is 0 Å². The molecule has 0 amide bonds. The van der Waals surface area contributed by atoms with Crippen molar-refractivity contribution in [3.8, 4) is 0 Å². The second-order valence-corrected chi connectivity index (χ2v) is 4.77. The van der Waals surface area contributed by atoms with Crippen molar-refractivity contribution in [3.63, 3.8) is 0 Å². The molecule has 0 aliphatic carbocycles. The lowest BCUT2D eigenvalue weighted by molar-refractivity contribution is -0.384. The zero-order valence-electron chi connectivity index (χ0n) is 10.4. The Labute approximate surface area is 116 Å². The van der Waals surface area contributed by atoms with E-state index in [4.69, 9.17) is 0 Å². The van der Waals surface area contributed by atoms with Gasteiger partial charge in [-0.1, -0.05) is 30.4 Å². The molecular weight excluding hydrogens is 258 g/mol. The Kier molecular flexibility index (Phi) is 4.36. The van der Waals surface area contributed by atoms with Crippen molar-refractivity contribution in [2.75, 3.05) is 6.26 Å². The first kappa shape index (κ1) is 13.4. The SMILES string of the molecule is CSc1ccccc1/C=C/c1ccc([N+](=O)[O-])cc1. The van der Waals surface area contributed by atoms with Crippen LogP contribution in [0.3, 0.4) is 0 Å². The summed E-state index contributed by atoms with van der Waals surface area (Å²) in [5.74, 6) is 0. The van der Waals surface area contributed by atoms with Crippen LogP contribution in [-0.2, 0) is 0 Å². The Morgan fingerprint density at radius 1 is 1.05 bits per heavy atom. The van der Waals surface area contributed by atoms with Gasteiger partial charge in [0.2, 0.25) is 0 Å². The average molecular weight is 271 g/mol. The molecule has 96 valence electrons. The number of non-ortho nitro benzene ring substituents is 1. The molecule has 0 spiro atoms. The topological polar surface area (TPSA) is 43.1 Å². The lowest BCUT2D eigenvalue weighted by Gasteiger charge is -2.01. The summed E-state index contributed by atoms with van der Waals surface area (Å²) in [6, 6.07) is 14.6. The third-order valence-corrected chi connectivity index (χ3v) is 3.51. The van der Waals surface area contributed by atoms with Gasteiger partial charge in [0.1, 0.15) is 0 Å². The predicted molar refractivity (Wildman–Crippen MR) is 80.2 cm³/mol. The van der Waals surface area contributed by atoms with Crippen molar-refractivity contribution < 1.29 is 4.92 Å². The van der Waals surface area contributed by atoms with E-state index in [0.29, 0.717) is 0 Å². The maximum Gasteiger partial charge on any atom is 0.269 e. The molecule has 2 aromatic carbocycles. The fraction of sp³-hybridized carbons (Fsp3) is 0.0667. The van der Waals surface area contributed by atoms with Crippen LogP contribution in [0.5, 0.6) is 0 Å². The number of hydrogen-bond acceptors (Lipinski definition) is 3. The van der Waals surface area contributed by atoms with Crippen LogP contribution in [0.1, 0.15) is 11.1 Å². The first-order valence-electron chi connectivity index (χ1n) is 5.76. The minimum atomic E-state index is -0.392. The van der Waals surface area contributed by atoms with Gasteiger partial charge in [-0.25, -0.2) is 0 Å². The van der Waals surface area contributed by atoms with Crippen molar-refractivity contribution in [1.82, 2.24) is 0 Å². The van der Waals surface area contributed by atoms with Crippen LogP contribution in [0.25, 0.3) is 12.2 Å². The van der Waals surface area contributed by atoms with Crippen molar-refractivity contribution in [2.24, 2.45) is 0 Å². The first-order chi connectivity index (χ1) is 9.20. The molecule has 0 bridgehead atoms. The first-order valence-corrected chi connectivity index (χ1v) is 6.99. The molecular formula is C15H13NO2S. The van der Waals surface area contributed by atoms with Gasteiger partial charge in [-0.2, -0.15) is 0 Å². The van der Waals surface area contributed by atoms with Crippen LogP contribution in [-0.4, -0.2) is 11.2 Å². The molecule has 19 heavy (non-hydrogen) atoms. The van der Waals surface area contributed by atoms with E-state index >= 15 is 0 Å². The summed E-state index contributed by atoms with van der Waals surface area (Å²) in [6.07, 6.45) is 6.02. The Hall–Kier alpha value is -2.07. The van der Waals surface area contributed by atoms with Crippen molar-refractivity contribution >= 4 is 29.6 Å². The van der Waals surface area contributed by atoms with Gasteiger partial charge in [-0.15, -0.1) is 11.8 Å². The van der Waals surface area contributed by atoms with E-state index in [1.165, 1.54) is 17.0 Å². The lowest BCUT2D eigenvalue weighted by atomic mass is 10.1. The Balaban J connectivity index is 2.20. The lowest BCUT2D eigenvalue weighted by Crippen LogP contribution is -1.86. The zero-order chi connectivity index (χ0) is 13.7. The highest BCUT2D eigenvalue weighted by Gasteiger charge is 2.02. The van der Waals surface area contributed by atoms with Crippen LogP contribution in [0.2, 0.25) is 0 Å². The monoisotopic (exact) mass is 271 g/mol. The van der Waals surface area contributed by atoms with E-state index in [-0.39, 0.29) is 5.69 Å². The standard InChI is InChI=1S/C15H13NO2S/c1-19-15-5-3-2-4-13(15)9-6-12-7-10-14(11-8-12)16(17)18/h2-11H,1H3/b9-6+. The second kappa shape index (κ2) is 6.20. The molecule has 0 atom stereocenters. The van der Waals surface area contributed by atoms with Gasteiger partial charge in [0.15, 0.2) is 0 Å². The van der Waals surface area contributed by atoms with Crippen molar-refractivity contribution in [2.45, 2.75) is 4.90 Å². The number of nitrogens with zero attached hydrogens (tertiary/aromatic N) is 1. The molecule has 0 N–H and O–H groups in total. The minimum Gasteiger partial charge on any atom is -0.258 e. The number of nitro benzene ring substituents is 1. The van der Waals surface area contributed by atoms with Crippen LogP contribution in [0, 0.1) is 10.1 Å². The van der Waals surface area contributed by atoms with Gasteiger partial charge in [0.25, 0.3) is 5.69 Å². The summed E-state index contributed by atoms with van der Waals surface area (Å²) in [5.41, 5.74) is 2.21. The maximum absolute atomic E-state index is 10.6. The number of nitro groups is 1. The molecule has 0 heterocycles. The van der Waals surface area contributed by atoms with Gasteiger partial charge in [-0.3, -0.25) is 10.1 Å². The van der Waals surface area contributed by atoms with Crippen molar-refractivity contribution in [1.29, 1.82) is 0 Å². The molecule has 0 saturated carbocycles. The Morgan fingerprint density at radius 3 is 2.37 bits per heavy atom. The summed E-state index contributed by atoms with van der Waals surface area (Å²) in [5, 5.41) is 10.6. The normalized spacial score (nSPS) is 10.8. The van der Waals surface area contributed by atoms with Gasteiger partial charge < -0.3 is 0 Å². The van der Waals surface area contributed by atoms with Gasteiger partial charge in [0.05, 0.1) is 4.92 Å². The zero-order valence-corrected chi connectivity index (χ0v) is 11.3. The van der Waals surface area contributed by atoms with E-state index < -0.39 is 4.92 Å². The summed E-state index contributed by atoms with van der Waals surface area (Å²) in [6.45, 7) is 0. The molecule has 0 aromatic heterocycles. The average Bonchev–Trinajstić information content (AvgIpc) is 2.45. The summed E-state index contributed by atoms with van der Waals surface area (Å²) in [4.78, 5) is 11.4. The summed E-state index contributed by atoms with van der Waals surface area (Å²) in [7, 11) is 0. The molecule has 3 nitrogen and oxygen atoms in total. The highest BCUT2D eigenvalue weighted by atomic mass is 32.2. The quantitative estimate of drug-likeness (QED) is 0.356. The second-order valence-electron chi connectivity index (χ2n) is 3.92. The molecule has 0 fully saturated rings. The molecule has 0 unspecified atom stereocenters. The number of hydrogen-bond donors (Lipinski definition) is 0. The molecule has 0 aliphatic heterocycles. The third-order valence-electron chi connectivity index (χ3n) is 2.70. The number of rotatable bonds is 4. The van der Waals surface area contributed by atoms with Crippen LogP contribution in [0.15, 0.2) is 53.4 Å². The Bertz CT molecular complexity index is 606. The van der Waals surface area contributed by atoms with Crippen LogP contribution < -0.4 is 0 Å². The van der Waals surface area contributed by atoms with Crippen molar-refractivity contribution in [3.05, 3.63) is 69.8 Å². The van der Waals surface area contributed by atoms with Gasteiger partial charge in [-0.05, 0) is 35.6 Å². The molecule has 2 aromatic rings. The van der Waals surface area contributed by atoms with Gasteiger partial charge in [0, 0.05) is 17.0 Å². The minimum absolute atomic E-state index is 0.113. The largest absolute Gasteiger partial charge is 0.269 e. The summed E-state index contributed by atoms with van der Waals surface area (Å²) >= 11 is 1.70. The van der Waals surface area contributed by atoms with E-state index in [1.54, 1.807) is 23.9 Å². The molecule has 2 rings (SSSR count). The van der Waals surface area contributed by atoms with E-state index in [0.717, 1.165) is 11.1 Å². The summed E-state index contributed by atoms with van der Waals surface area (Å²) < 4.78 is 0. The molecule has 0 radical (unpaired) electrons. The molecule has 4 heteroatoms. The number of benzene rings is 2. The number of thioether (sulfide) groups is 1. The fourth-order valence-corrected chi connectivity index (χ4v) is 2.28. The Morgan fingerprint density at radius 2 is 1.74 bits per heavy atom. The van der Waals surface area contributed by atoms with E-state index in [9.17, 15) is 10.1 Å². The van der Waals surface area contributed by atoms with Crippen LogP contribution in [0.4, 0.5) is 5.69 Å². The van der Waals surface area contributed by atoms with Crippen LogP contribution >= 0.6 is 11.8 Å². The van der Waals surface area contributed by atoms with E-state index in [2.05, 4.69) is 6.07 Å². The predicted octanol–water partition coefficient (Wildman–Crippen LogP) is 4.49. The highest BCUT2D eigenvalue weighted by molar-refractivity contribution is 7.98. The maximum atomic E-state index is 10.6. The van der Waals surface area contributed by atoms with E-state index in [1.807, 2.05) is 36.6 Å². The third kappa shape index (κ3) is 3.45.